The first-order valence-corrected chi connectivity index (χ1v) is 6.65. The maximum Gasteiger partial charge on any atom is 0.410 e. The number of ether oxygens (including phenoxy) is 1. The number of amides is 1. The molecule has 1 unspecified atom stereocenters. The Kier molecular flexibility index (Phi) is 5.17. The third-order valence-electron chi connectivity index (χ3n) is 3.17. The van der Waals surface area contributed by atoms with Crippen LogP contribution in [0.5, 0.6) is 0 Å². The van der Waals surface area contributed by atoms with Gasteiger partial charge in [-0.25, -0.2) is 4.79 Å². The van der Waals surface area contributed by atoms with Crippen LogP contribution in [0.15, 0.2) is 0 Å². The molecule has 0 bridgehead atoms. The highest BCUT2D eigenvalue weighted by atomic mass is 16.6. The fourth-order valence-corrected chi connectivity index (χ4v) is 2.14. The van der Waals surface area contributed by atoms with E-state index in [9.17, 15) is 9.59 Å². The smallest absolute Gasteiger partial charge is 0.410 e. The summed E-state index contributed by atoms with van der Waals surface area (Å²) >= 11 is 0. The van der Waals surface area contributed by atoms with E-state index in [1.807, 2.05) is 20.8 Å². The summed E-state index contributed by atoms with van der Waals surface area (Å²) in [5.74, 6) is -0.695. The maximum absolute atomic E-state index is 11.8. The fraction of sp³-hybridized carbons (Fsp3) is 0.846. The number of carbonyl (C=O) groups is 2. The van der Waals surface area contributed by atoms with Crippen molar-refractivity contribution < 1.29 is 19.4 Å². The number of carboxylic acids is 1. The first-order valence-electron chi connectivity index (χ1n) is 6.65. The summed E-state index contributed by atoms with van der Waals surface area (Å²) in [7, 11) is 0. The molecule has 0 aromatic heterocycles. The number of hydrogen-bond donors (Lipinski definition) is 2. The molecule has 1 rings (SSSR count). The molecule has 1 saturated heterocycles. The summed E-state index contributed by atoms with van der Waals surface area (Å²) in [4.78, 5) is 24.2. The molecule has 1 amide bonds. The molecule has 0 radical (unpaired) electrons. The van der Waals surface area contributed by atoms with Gasteiger partial charge >= 0.3 is 12.1 Å². The van der Waals surface area contributed by atoms with Crippen LogP contribution in [0.4, 0.5) is 4.79 Å². The van der Waals surface area contributed by atoms with E-state index in [0.717, 1.165) is 12.8 Å². The van der Waals surface area contributed by atoms with Crippen LogP contribution in [0, 0.1) is 5.92 Å². The molecule has 1 atom stereocenters. The van der Waals surface area contributed by atoms with Crippen LogP contribution < -0.4 is 5.73 Å². The van der Waals surface area contributed by atoms with Gasteiger partial charge in [-0.3, -0.25) is 4.79 Å². The van der Waals surface area contributed by atoms with Gasteiger partial charge in [0, 0.05) is 13.1 Å². The number of piperidine rings is 1. The van der Waals surface area contributed by atoms with Crippen molar-refractivity contribution in [2.75, 3.05) is 13.1 Å². The molecule has 0 spiro atoms. The van der Waals surface area contributed by atoms with Crippen LogP contribution in [0.2, 0.25) is 0 Å². The standard InChI is InChI=1S/C13H24N2O4/c1-13(2,3)19-12(18)15-6-4-9(5-7-15)8-10(14)11(16)17/h9-10H,4-8,14H2,1-3H3,(H,16,17). The molecule has 6 nitrogen and oxygen atoms in total. The predicted molar refractivity (Wildman–Crippen MR) is 70.8 cm³/mol. The van der Waals surface area contributed by atoms with Crippen molar-refractivity contribution in [2.45, 2.75) is 51.7 Å². The number of carbonyl (C=O) groups excluding carboxylic acids is 1. The van der Waals surface area contributed by atoms with Crippen LogP contribution in [0.25, 0.3) is 0 Å². The highest BCUT2D eigenvalue weighted by molar-refractivity contribution is 5.73. The lowest BCUT2D eigenvalue weighted by Gasteiger charge is -2.33. The van der Waals surface area contributed by atoms with Crippen molar-refractivity contribution >= 4 is 12.1 Å². The number of rotatable bonds is 3. The summed E-state index contributed by atoms with van der Waals surface area (Å²) in [5, 5.41) is 8.77. The van der Waals surface area contributed by atoms with Gasteiger partial charge in [-0.15, -0.1) is 0 Å². The van der Waals surface area contributed by atoms with E-state index < -0.39 is 17.6 Å². The molecule has 110 valence electrons. The van der Waals surface area contributed by atoms with E-state index in [1.54, 1.807) is 4.90 Å². The Bertz CT molecular complexity index is 330. The summed E-state index contributed by atoms with van der Waals surface area (Å²) in [5.41, 5.74) is 5.03. The average molecular weight is 272 g/mol. The second-order valence-corrected chi connectivity index (χ2v) is 6.09. The van der Waals surface area contributed by atoms with Crippen LogP contribution in [-0.2, 0) is 9.53 Å². The lowest BCUT2D eigenvalue weighted by atomic mass is 9.90. The molecule has 3 N–H and O–H groups in total. The maximum atomic E-state index is 11.8. The minimum atomic E-state index is -0.963. The van der Waals surface area contributed by atoms with Gasteiger partial charge < -0.3 is 20.5 Å². The van der Waals surface area contributed by atoms with Gasteiger partial charge in [0.05, 0.1) is 0 Å². The Hall–Kier alpha value is -1.30. The van der Waals surface area contributed by atoms with Crippen LogP contribution in [0.1, 0.15) is 40.0 Å². The van der Waals surface area contributed by atoms with Gasteiger partial charge in [0.25, 0.3) is 0 Å². The quantitative estimate of drug-likeness (QED) is 0.810. The van der Waals surface area contributed by atoms with E-state index in [1.165, 1.54) is 0 Å². The average Bonchev–Trinajstić information content (AvgIpc) is 2.27. The van der Waals surface area contributed by atoms with Crippen molar-refractivity contribution in [2.24, 2.45) is 11.7 Å². The van der Waals surface area contributed by atoms with Gasteiger partial charge in [-0.1, -0.05) is 0 Å². The van der Waals surface area contributed by atoms with Crippen molar-refractivity contribution in [3.8, 4) is 0 Å². The van der Waals surface area contributed by atoms with Gasteiger partial charge in [0.15, 0.2) is 0 Å². The Morgan fingerprint density at radius 3 is 2.32 bits per heavy atom. The second kappa shape index (κ2) is 6.23. The summed E-state index contributed by atoms with van der Waals surface area (Å²) in [6.45, 7) is 6.72. The highest BCUT2D eigenvalue weighted by Crippen LogP contribution is 2.23. The first-order chi connectivity index (χ1) is 8.69. The third kappa shape index (κ3) is 5.46. The molecule has 1 fully saturated rings. The van der Waals surface area contributed by atoms with Gasteiger partial charge in [-0.05, 0) is 46.0 Å². The van der Waals surface area contributed by atoms with Crippen LogP contribution >= 0.6 is 0 Å². The van der Waals surface area contributed by atoms with Crippen molar-refractivity contribution in [3.05, 3.63) is 0 Å². The number of likely N-dealkylation sites (tertiary alicyclic amines) is 1. The van der Waals surface area contributed by atoms with E-state index in [0.29, 0.717) is 19.5 Å². The van der Waals surface area contributed by atoms with E-state index >= 15 is 0 Å². The van der Waals surface area contributed by atoms with Crippen molar-refractivity contribution in [1.29, 1.82) is 0 Å². The fourth-order valence-electron chi connectivity index (χ4n) is 2.14. The molecule has 0 aromatic rings. The number of nitrogens with two attached hydrogens (primary N) is 1. The molecule has 1 heterocycles. The number of hydrogen-bond acceptors (Lipinski definition) is 4. The predicted octanol–water partition coefficient (Wildman–Crippen LogP) is 1.44. The van der Waals surface area contributed by atoms with Gasteiger partial charge in [0.1, 0.15) is 11.6 Å². The normalized spacial score (nSPS) is 19.1. The Balaban J connectivity index is 2.36. The molecule has 0 aromatic carbocycles. The minimum absolute atomic E-state index is 0.268. The minimum Gasteiger partial charge on any atom is -0.480 e. The summed E-state index contributed by atoms with van der Waals surface area (Å²) in [6, 6.07) is -0.807. The third-order valence-corrected chi connectivity index (χ3v) is 3.17. The number of carboxylic acid groups (broad SMARTS) is 1. The molecule has 1 aliphatic rings. The summed E-state index contributed by atoms with van der Waals surface area (Å²) < 4.78 is 5.30. The molecule has 0 aliphatic carbocycles. The molecular formula is C13H24N2O4. The molecule has 1 aliphatic heterocycles. The monoisotopic (exact) mass is 272 g/mol. The Labute approximate surface area is 113 Å². The highest BCUT2D eigenvalue weighted by Gasteiger charge is 2.28. The number of nitrogens with zero attached hydrogens (tertiary/aromatic N) is 1. The zero-order valence-electron chi connectivity index (χ0n) is 11.9. The Morgan fingerprint density at radius 2 is 1.89 bits per heavy atom. The zero-order valence-corrected chi connectivity index (χ0v) is 11.9. The zero-order chi connectivity index (χ0) is 14.6. The first kappa shape index (κ1) is 15.8. The molecule has 0 saturated carbocycles. The molecule has 19 heavy (non-hydrogen) atoms. The Morgan fingerprint density at radius 1 is 1.37 bits per heavy atom. The van der Waals surface area contributed by atoms with E-state index in [2.05, 4.69) is 0 Å². The number of aliphatic carboxylic acids is 1. The lowest BCUT2D eigenvalue weighted by molar-refractivity contribution is -0.139. The van der Waals surface area contributed by atoms with Crippen molar-refractivity contribution in [3.63, 3.8) is 0 Å². The van der Waals surface area contributed by atoms with Crippen molar-refractivity contribution in [1.82, 2.24) is 4.90 Å². The second-order valence-electron chi connectivity index (χ2n) is 6.09. The van der Waals surface area contributed by atoms with E-state index in [4.69, 9.17) is 15.6 Å². The van der Waals surface area contributed by atoms with E-state index in [-0.39, 0.29) is 12.0 Å². The molecular weight excluding hydrogens is 248 g/mol. The SMILES string of the molecule is CC(C)(C)OC(=O)N1CCC(CC(N)C(=O)O)CC1. The largest absolute Gasteiger partial charge is 0.480 e. The van der Waals surface area contributed by atoms with Crippen LogP contribution in [-0.4, -0.2) is 46.8 Å². The summed E-state index contributed by atoms with van der Waals surface area (Å²) in [6.07, 6.45) is 1.73. The molecule has 6 heteroatoms. The van der Waals surface area contributed by atoms with Gasteiger partial charge in [0.2, 0.25) is 0 Å². The topological polar surface area (TPSA) is 92.9 Å². The van der Waals surface area contributed by atoms with Crippen LogP contribution in [0.3, 0.4) is 0 Å². The van der Waals surface area contributed by atoms with Gasteiger partial charge in [-0.2, -0.15) is 0 Å². The lowest BCUT2D eigenvalue weighted by Crippen LogP contribution is -2.43.